The summed E-state index contributed by atoms with van der Waals surface area (Å²) >= 11 is 0. The van der Waals surface area contributed by atoms with E-state index in [0.29, 0.717) is 0 Å². The van der Waals surface area contributed by atoms with E-state index in [2.05, 4.69) is 40.1 Å². The molecule has 3 rings (SSSR count). The monoisotopic (exact) mass is 259 g/mol. The second-order valence-electron chi connectivity index (χ2n) is 5.92. The Morgan fingerprint density at radius 1 is 1.11 bits per heavy atom. The molecular formula is C16H25N3. The fourth-order valence-corrected chi connectivity index (χ4v) is 3.29. The fraction of sp³-hybridized carbons (Fsp3) is 0.625. The zero-order valence-electron chi connectivity index (χ0n) is 11.7. The number of nitrogens with zero attached hydrogens (tertiary/aromatic N) is 2. The lowest BCUT2D eigenvalue weighted by atomic mass is 10.2. The molecule has 1 heterocycles. The van der Waals surface area contributed by atoms with Crippen LogP contribution in [0.4, 0.5) is 0 Å². The van der Waals surface area contributed by atoms with Crippen molar-refractivity contribution in [1.29, 1.82) is 0 Å². The number of likely N-dealkylation sites (tertiary alicyclic amines) is 1. The van der Waals surface area contributed by atoms with Crippen LogP contribution in [0.2, 0.25) is 0 Å². The van der Waals surface area contributed by atoms with Gasteiger partial charge in [0.1, 0.15) is 0 Å². The van der Waals surface area contributed by atoms with Crippen LogP contribution in [0, 0.1) is 0 Å². The summed E-state index contributed by atoms with van der Waals surface area (Å²) < 4.78 is 0. The standard InChI is InChI=1S/C16H25N3/c17-9-11-19(15-6-7-15)16-8-10-18(13-16)12-14-4-2-1-3-5-14/h1-5,15-16H,6-13,17H2. The van der Waals surface area contributed by atoms with Gasteiger partial charge in [0.2, 0.25) is 0 Å². The summed E-state index contributed by atoms with van der Waals surface area (Å²) in [6.45, 7) is 5.41. The SMILES string of the molecule is NCCN(C1CC1)C1CCN(Cc2ccccc2)C1. The highest BCUT2D eigenvalue weighted by atomic mass is 15.3. The molecule has 1 unspecified atom stereocenters. The van der Waals surface area contributed by atoms with Crippen molar-refractivity contribution in [2.45, 2.75) is 37.9 Å². The lowest BCUT2D eigenvalue weighted by Gasteiger charge is -2.28. The van der Waals surface area contributed by atoms with Crippen LogP contribution < -0.4 is 5.73 Å². The van der Waals surface area contributed by atoms with Gasteiger partial charge in [-0.3, -0.25) is 9.80 Å². The molecule has 1 aliphatic carbocycles. The second kappa shape index (κ2) is 6.04. The van der Waals surface area contributed by atoms with Crippen molar-refractivity contribution in [1.82, 2.24) is 9.80 Å². The molecule has 1 aromatic rings. The van der Waals surface area contributed by atoms with E-state index in [1.54, 1.807) is 0 Å². The molecule has 104 valence electrons. The molecule has 1 aromatic carbocycles. The number of hydrogen-bond acceptors (Lipinski definition) is 3. The van der Waals surface area contributed by atoms with Crippen molar-refractivity contribution in [2.75, 3.05) is 26.2 Å². The number of nitrogens with two attached hydrogens (primary N) is 1. The van der Waals surface area contributed by atoms with Gasteiger partial charge in [-0.1, -0.05) is 30.3 Å². The van der Waals surface area contributed by atoms with E-state index in [1.165, 1.54) is 37.9 Å². The van der Waals surface area contributed by atoms with Gasteiger partial charge in [0.05, 0.1) is 0 Å². The molecule has 0 radical (unpaired) electrons. The average molecular weight is 259 g/mol. The lowest BCUT2D eigenvalue weighted by Crippen LogP contribution is -2.42. The van der Waals surface area contributed by atoms with Crippen LogP contribution in [0.1, 0.15) is 24.8 Å². The molecule has 0 spiro atoms. The second-order valence-corrected chi connectivity index (χ2v) is 5.92. The van der Waals surface area contributed by atoms with E-state index >= 15 is 0 Å². The minimum absolute atomic E-state index is 0.736. The number of benzene rings is 1. The predicted molar refractivity (Wildman–Crippen MR) is 78.9 cm³/mol. The third kappa shape index (κ3) is 3.35. The van der Waals surface area contributed by atoms with Gasteiger partial charge in [0.25, 0.3) is 0 Å². The van der Waals surface area contributed by atoms with Crippen LogP contribution in [-0.4, -0.2) is 48.1 Å². The summed E-state index contributed by atoms with van der Waals surface area (Å²) in [5, 5.41) is 0. The maximum absolute atomic E-state index is 5.77. The molecule has 0 amide bonds. The van der Waals surface area contributed by atoms with Crippen molar-refractivity contribution < 1.29 is 0 Å². The number of rotatable bonds is 6. The Morgan fingerprint density at radius 3 is 2.58 bits per heavy atom. The maximum Gasteiger partial charge on any atom is 0.0238 e. The number of hydrogen-bond donors (Lipinski definition) is 1. The molecule has 2 aliphatic rings. The molecule has 1 atom stereocenters. The molecule has 1 saturated carbocycles. The molecule has 1 saturated heterocycles. The van der Waals surface area contributed by atoms with Crippen molar-refractivity contribution in [3.63, 3.8) is 0 Å². The van der Waals surface area contributed by atoms with Gasteiger partial charge < -0.3 is 5.73 Å². The normalized spacial score (nSPS) is 24.2. The molecule has 3 nitrogen and oxygen atoms in total. The Kier molecular flexibility index (Phi) is 4.16. The van der Waals surface area contributed by atoms with Gasteiger partial charge in [-0.2, -0.15) is 0 Å². The third-order valence-corrected chi connectivity index (χ3v) is 4.37. The van der Waals surface area contributed by atoms with Crippen LogP contribution >= 0.6 is 0 Å². The van der Waals surface area contributed by atoms with Crippen molar-refractivity contribution >= 4 is 0 Å². The Balaban J connectivity index is 1.54. The van der Waals surface area contributed by atoms with Gasteiger partial charge in [-0.05, 0) is 24.8 Å². The summed E-state index contributed by atoms with van der Waals surface area (Å²) in [5.74, 6) is 0. The van der Waals surface area contributed by atoms with Crippen LogP contribution in [0.5, 0.6) is 0 Å². The van der Waals surface area contributed by atoms with Crippen molar-refractivity contribution in [3.8, 4) is 0 Å². The molecule has 19 heavy (non-hydrogen) atoms. The zero-order chi connectivity index (χ0) is 13.1. The predicted octanol–water partition coefficient (Wildman–Crippen LogP) is 1.68. The largest absolute Gasteiger partial charge is 0.329 e. The van der Waals surface area contributed by atoms with Crippen molar-refractivity contribution in [2.24, 2.45) is 5.73 Å². The van der Waals surface area contributed by atoms with Gasteiger partial charge in [0, 0.05) is 44.8 Å². The van der Waals surface area contributed by atoms with Crippen molar-refractivity contribution in [3.05, 3.63) is 35.9 Å². The summed E-state index contributed by atoms with van der Waals surface area (Å²) in [6, 6.07) is 12.4. The molecular weight excluding hydrogens is 234 g/mol. The third-order valence-electron chi connectivity index (χ3n) is 4.37. The van der Waals surface area contributed by atoms with E-state index in [0.717, 1.165) is 31.7 Å². The van der Waals surface area contributed by atoms with Crippen LogP contribution in [0.3, 0.4) is 0 Å². The molecule has 2 N–H and O–H groups in total. The Bertz CT molecular complexity index is 388. The van der Waals surface area contributed by atoms with Gasteiger partial charge in [-0.15, -0.1) is 0 Å². The highest BCUT2D eigenvalue weighted by Gasteiger charge is 2.36. The summed E-state index contributed by atoms with van der Waals surface area (Å²) in [5.41, 5.74) is 7.20. The van der Waals surface area contributed by atoms with Crippen LogP contribution in [-0.2, 0) is 6.54 Å². The minimum atomic E-state index is 0.736. The van der Waals surface area contributed by atoms with Crippen LogP contribution in [0.15, 0.2) is 30.3 Å². The van der Waals surface area contributed by atoms with Gasteiger partial charge in [-0.25, -0.2) is 0 Å². The first kappa shape index (κ1) is 13.1. The summed E-state index contributed by atoms with van der Waals surface area (Å²) in [4.78, 5) is 5.26. The van der Waals surface area contributed by atoms with Gasteiger partial charge >= 0.3 is 0 Å². The zero-order valence-corrected chi connectivity index (χ0v) is 11.7. The average Bonchev–Trinajstić information content (AvgIpc) is 3.17. The molecule has 1 aliphatic heterocycles. The first-order valence-electron chi connectivity index (χ1n) is 7.59. The van der Waals surface area contributed by atoms with E-state index in [9.17, 15) is 0 Å². The topological polar surface area (TPSA) is 32.5 Å². The molecule has 0 aromatic heterocycles. The van der Waals surface area contributed by atoms with E-state index in [4.69, 9.17) is 5.73 Å². The molecule has 3 heteroatoms. The molecule has 0 bridgehead atoms. The first-order chi connectivity index (χ1) is 9.36. The smallest absolute Gasteiger partial charge is 0.0238 e. The van der Waals surface area contributed by atoms with Crippen LogP contribution in [0.25, 0.3) is 0 Å². The minimum Gasteiger partial charge on any atom is -0.329 e. The maximum atomic E-state index is 5.77. The Hall–Kier alpha value is -0.900. The molecule has 2 fully saturated rings. The quantitative estimate of drug-likeness (QED) is 0.844. The van der Waals surface area contributed by atoms with E-state index < -0.39 is 0 Å². The van der Waals surface area contributed by atoms with Gasteiger partial charge in [0.15, 0.2) is 0 Å². The summed E-state index contributed by atoms with van der Waals surface area (Å²) in [6.07, 6.45) is 4.08. The Labute approximate surface area is 116 Å². The first-order valence-corrected chi connectivity index (χ1v) is 7.59. The highest BCUT2D eigenvalue weighted by Crippen LogP contribution is 2.31. The lowest BCUT2D eigenvalue weighted by molar-refractivity contribution is 0.186. The summed E-state index contributed by atoms with van der Waals surface area (Å²) in [7, 11) is 0. The Morgan fingerprint density at radius 2 is 1.89 bits per heavy atom. The highest BCUT2D eigenvalue weighted by molar-refractivity contribution is 5.14. The van der Waals surface area contributed by atoms with E-state index in [1.807, 2.05) is 0 Å². The van der Waals surface area contributed by atoms with E-state index in [-0.39, 0.29) is 0 Å². The fourth-order valence-electron chi connectivity index (χ4n) is 3.29.